The minimum absolute atomic E-state index is 0.00607. The fraction of sp³-hybridized carbons (Fsp3) is 0.263. The zero-order valence-electron chi connectivity index (χ0n) is 14.2. The SMILES string of the molecule is CCOC(=O)[C@@]1(C#N)[C@H](c2ccc(F)cc2)[C@@H]1S(=O)(=O)c1ccc(Cl)cc1. The molecule has 0 aromatic heterocycles. The van der Waals surface area contributed by atoms with Gasteiger partial charge in [-0.3, -0.25) is 4.79 Å². The Morgan fingerprint density at radius 1 is 1.22 bits per heavy atom. The second-order valence-electron chi connectivity index (χ2n) is 6.15. The second kappa shape index (κ2) is 6.95. The number of ether oxygens (including phenoxy) is 1. The van der Waals surface area contributed by atoms with E-state index in [0.29, 0.717) is 10.6 Å². The van der Waals surface area contributed by atoms with Gasteiger partial charge in [0.1, 0.15) is 11.1 Å². The highest BCUT2D eigenvalue weighted by molar-refractivity contribution is 7.92. The van der Waals surface area contributed by atoms with Crippen LogP contribution in [0.15, 0.2) is 53.4 Å². The van der Waals surface area contributed by atoms with Crippen molar-refractivity contribution in [1.82, 2.24) is 0 Å². The number of nitrogens with zero attached hydrogens (tertiary/aromatic N) is 1. The smallest absolute Gasteiger partial charge is 0.328 e. The van der Waals surface area contributed by atoms with Crippen molar-refractivity contribution in [3.05, 3.63) is 64.9 Å². The van der Waals surface area contributed by atoms with Crippen LogP contribution in [0.3, 0.4) is 0 Å². The summed E-state index contributed by atoms with van der Waals surface area (Å²) in [7, 11) is -4.05. The zero-order valence-corrected chi connectivity index (χ0v) is 15.8. The highest BCUT2D eigenvalue weighted by Crippen LogP contribution is 2.64. The lowest BCUT2D eigenvalue weighted by molar-refractivity contribution is -0.147. The Morgan fingerprint density at radius 3 is 2.33 bits per heavy atom. The molecule has 2 aromatic rings. The van der Waals surface area contributed by atoms with Gasteiger partial charge in [0.2, 0.25) is 0 Å². The number of benzene rings is 2. The molecule has 0 N–H and O–H groups in total. The molecule has 27 heavy (non-hydrogen) atoms. The van der Waals surface area contributed by atoms with Crippen LogP contribution in [0, 0.1) is 22.6 Å². The molecule has 1 fully saturated rings. The van der Waals surface area contributed by atoms with Crippen molar-refractivity contribution in [2.75, 3.05) is 6.61 Å². The van der Waals surface area contributed by atoms with E-state index in [9.17, 15) is 22.9 Å². The van der Waals surface area contributed by atoms with Gasteiger partial charge in [-0.2, -0.15) is 5.26 Å². The molecule has 0 bridgehead atoms. The highest BCUT2D eigenvalue weighted by Gasteiger charge is 2.77. The Bertz CT molecular complexity index is 1020. The number of rotatable bonds is 5. The number of halogens is 2. The number of sulfone groups is 1. The lowest BCUT2D eigenvalue weighted by Gasteiger charge is -2.09. The maximum atomic E-state index is 13.3. The summed E-state index contributed by atoms with van der Waals surface area (Å²) >= 11 is 5.81. The maximum Gasteiger partial charge on any atom is 0.328 e. The maximum absolute atomic E-state index is 13.3. The first kappa shape index (κ1) is 19.3. The van der Waals surface area contributed by atoms with E-state index in [-0.39, 0.29) is 11.5 Å². The standard InChI is InChI=1S/C19H15ClFNO4S/c1-2-26-18(23)19(11-22)16(12-3-7-14(21)8-4-12)17(19)27(24,25)15-9-5-13(20)6-10-15/h3-10,16-17H,2H2,1H3/t16-,17+,19+/m1/s1. The summed E-state index contributed by atoms with van der Waals surface area (Å²) in [5, 5.41) is 8.78. The molecule has 1 aliphatic rings. The van der Waals surface area contributed by atoms with Crippen LogP contribution in [0.1, 0.15) is 18.4 Å². The monoisotopic (exact) mass is 407 g/mol. The molecule has 0 saturated heterocycles. The molecule has 3 rings (SSSR count). The average Bonchev–Trinajstić information content (AvgIpc) is 3.34. The predicted octanol–water partition coefficient (Wildman–Crippen LogP) is 3.49. The van der Waals surface area contributed by atoms with Crippen molar-refractivity contribution in [3.63, 3.8) is 0 Å². The van der Waals surface area contributed by atoms with Gasteiger partial charge in [0.25, 0.3) is 0 Å². The molecule has 0 radical (unpaired) electrons. The van der Waals surface area contributed by atoms with Crippen molar-refractivity contribution in [2.45, 2.75) is 23.0 Å². The van der Waals surface area contributed by atoms with Crippen LogP contribution in [-0.4, -0.2) is 26.2 Å². The molecule has 2 aromatic carbocycles. The number of nitriles is 1. The van der Waals surface area contributed by atoms with Gasteiger partial charge in [0.05, 0.1) is 17.6 Å². The van der Waals surface area contributed by atoms with Gasteiger partial charge in [-0.1, -0.05) is 23.7 Å². The van der Waals surface area contributed by atoms with Crippen molar-refractivity contribution in [3.8, 4) is 6.07 Å². The summed E-state index contributed by atoms with van der Waals surface area (Å²) < 4.78 is 44.6. The minimum Gasteiger partial charge on any atom is -0.465 e. The Morgan fingerprint density at radius 2 is 1.81 bits per heavy atom. The van der Waals surface area contributed by atoms with Gasteiger partial charge < -0.3 is 4.74 Å². The van der Waals surface area contributed by atoms with Crippen LogP contribution in [0.2, 0.25) is 5.02 Å². The van der Waals surface area contributed by atoms with E-state index in [1.54, 1.807) is 6.92 Å². The van der Waals surface area contributed by atoms with Crippen LogP contribution in [-0.2, 0) is 19.4 Å². The first-order valence-corrected chi connectivity index (χ1v) is 10.0. The van der Waals surface area contributed by atoms with E-state index in [2.05, 4.69) is 0 Å². The molecule has 0 unspecified atom stereocenters. The summed E-state index contributed by atoms with van der Waals surface area (Å²) in [6.45, 7) is 1.58. The number of esters is 1. The Labute approximate surface area is 161 Å². The normalized spacial score (nSPS) is 24.1. The minimum atomic E-state index is -4.05. The molecule has 3 atom stereocenters. The van der Waals surface area contributed by atoms with Gasteiger partial charge in [-0.15, -0.1) is 0 Å². The van der Waals surface area contributed by atoms with E-state index in [0.717, 1.165) is 12.1 Å². The quantitative estimate of drug-likeness (QED) is 0.708. The van der Waals surface area contributed by atoms with Gasteiger partial charge in [0, 0.05) is 10.9 Å². The molecule has 1 aliphatic carbocycles. The molecule has 0 aliphatic heterocycles. The third-order valence-electron chi connectivity index (χ3n) is 4.64. The second-order valence-corrected chi connectivity index (χ2v) is 8.66. The first-order chi connectivity index (χ1) is 12.8. The average molecular weight is 408 g/mol. The Hall–Kier alpha value is -2.43. The van der Waals surface area contributed by atoms with Gasteiger partial charge in [-0.25, -0.2) is 12.8 Å². The van der Waals surface area contributed by atoms with Crippen LogP contribution in [0.25, 0.3) is 0 Å². The van der Waals surface area contributed by atoms with E-state index < -0.39 is 38.2 Å². The fourth-order valence-electron chi connectivity index (χ4n) is 3.33. The lowest BCUT2D eigenvalue weighted by Crippen LogP contribution is -2.25. The van der Waals surface area contributed by atoms with Crippen molar-refractivity contribution in [2.24, 2.45) is 5.41 Å². The molecule has 0 amide bonds. The van der Waals surface area contributed by atoms with E-state index in [1.807, 2.05) is 6.07 Å². The topological polar surface area (TPSA) is 84.2 Å². The Kier molecular flexibility index (Phi) is 4.98. The third-order valence-corrected chi connectivity index (χ3v) is 7.13. The van der Waals surface area contributed by atoms with Gasteiger partial charge in [-0.05, 0) is 48.9 Å². The van der Waals surface area contributed by atoms with Crippen LogP contribution < -0.4 is 0 Å². The Balaban J connectivity index is 2.12. The van der Waals surface area contributed by atoms with Crippen LogP contribution >= 0.6 is 11.6 Å². The van der Waals surface area contributed by atoms with E-state index in [4.69, 9.17) is 16.3 Å². The molecule has 8 heteroatoms. The molecule has 0 spiro atoms. The molecule has 140 valence electrons. The molecule has 5 nitrogen and oxygen atoms in total. The van der Waals surface area contributed by atoms with Crippen LogP contribution in [0.4, 0.5) is 4.39 Å². The fourth-order valence-corrected chi connectivity index (χ4v) is 5.70. The number of hydrogen-bond acceptors (Lipinski definition) is 5. The number of carbonyl (C=O) groups is 1. The van der Waals surface area contributed by atoms with Crippen molar-refractivity contribution >= 4 is 27.4 Å². The third kappa shape index (κ3) is 3.09. The summed E-state index contributed by atoms with van der Waals surface area (Å²) in [6, 6.07) is 12.4. The molecular formula is C19H15ClFNO4S. The van der Waals surface area contributed by atoms with E-state index in [1.165, 1.54) is 36.4 Å². The highest BCUT2D eigenvalue weighted by atomic mass is 35.5. The molecule has 0 heterocycles. The van der Waals surface area contributed by atoms with Crippen LogP contribution in [0.5, 0.6) is 0 Å². The largest absolute Gasteiger partial charge is 0.465 e. The molecule has 1 saturated carbocycles. The van der Waals surface area contributed by atoms with E-state index >= 15 is 0 Å². The lowest BCUT2D eigenvalue weighted by atomic mass is 10.0. The van der Waals surface area contributed by atoms with Gasteiger partial charge in [0.15, 0.2) is 15.3 Å². The summed E-state index contributed by atoms with van der Waals surface area (Å²) in [5.74, 6) is -2.36. The van der Waals surface area contributed by atoms with Crippen molar-refractivity contribution < 1.29 is 22.3 Å². The molecular weight excluding hydrogens is 393 g/mol. The number of carbonyl (C=O) groups excluding carboxylic acids is 1. The summed E-state index contributed by atoms with van der Waals surface area (Å²) in [5.41, 5.74) is -1.50. The summed E-state index contributed by atoms with van der Waals surface area (Å²) in [4.78, 5) is 12.5. The number of hydrogen-bond donors (Lipinski definition) is 0. The first-order valence-electron chi connectivity index (χ1n) is 8.12. The van der Waals surface area contributed by atoms with Crippen molar-refractivity contribution in [1.29, 1.82) is 5.26 Å². The zero-order chi connectivity index (χ0) is 19.8. The van der Waals surface area contributed by atoms with Gasteiger partial charge >= 0.3 is 5.97 Å². The predicted molar refractivity (Wildman–Crippen MR) is 96.2 cm³/mol. The summed E-state index contributed by atoms with van der Waals surface area (Å²) in [6.07, 6.45) is 0.